The molecule has 20 heavy (non-hydrogen) atoms. The molecule has 0 radical (unpaired) electrons. The van der Waals surface area contributed by atoms with E-state index in [0.717, 1.165) is 4.72 Å². The summed E-state index contributed by atoms with van der Waals surface area (Å²) in [5.41, 5.74) is -4.57. The molecule has 0 aliphatic rings. The average molecular weight is 331 g/mol. The Labute approximate surface area is 131 Å². The van der Waals surface area contributed by atoms with E-state index in [4.69, 9.17) is 0 Å². The minimum Gasteiger partial charge on any atom is -0.731 e. The van der Waals surface area contributed by atoms with Crippen LogP contribution in [0.2, 0.25) is 0 Å². The van der Waals surface area contributed by atoms with Gasteiger partial charge in [0.2, 0.25) is 0 Å². The van der Waals surface area contributed by atoms with Crippen LogP contribution >= 0.6 is 0 Å². The monoisotopic (exact) mass is 331 g/mol. The summed E-state index contributed by atoms with van der Waals surface area (Å²) in [5.74, 6) is 0. The SMILES string of the molecule is O=S(=O)([O-])Nc1cc(C(F)(F)F)cc(C(F)(F)F)c1.[Na+]. The van der Waals surface area contributed by atoms with E-state index in [1.165, 1.54) is 0 Å². The van der Waals surface area contributed by atoms with Gasteiger partial charge in [0.25, 0.3) is 0 Å². The Morgan fingerprint density at radius 2 is 1.25 bits per heavy atom. The largest absolute Gasteiger partial charge is 1.00 e. The van der Waals surface area contributed by atoms with Crippen LogP contribution in [-0.4, -0.2) is 13.0 Å². The van der Waals surface area contributed by atoms with Crippen LogP contribution in [0.3, 0.4) is 0 Å². The van der Waals surface area contributed by atoms with Gasteiger partial charge in [0, 0.05) is 5.69 Å². The molecule has 0 saturated carbocycles. The maximum absolute atomic E-state index is 12.3. The molecule has 1 rings (SSSR count). The number of rotatable bonds is 2. The number of hydrogen-bond donors (Lipinski definition) is 1. The smallest absolute Gasteiger partial charge is 0.731 e. The molecular weight excluding hydrogens is 327 g/mol. The molecule has 0 unspecified atom stereocenters. The second-order valence-corrected chi connectivity index (χ2v) is 4.46. The minimum absolute atomic E-state index is 0. The van der Waals surface area contributed by atoms with Crippen molar-refractivity contribution >= 4 is 16.0 Å². The van der Waals surface area contributed by atoms with Gasteiger partial charge in [-0.25, -0.2) is 8.42 Å². The van der Waals surface area contributed by atoms with E-state index in [-0.39, 0.29) is 47.8 Å². The van der Waals surface area contributed by atoms with E-state index in [2.05, 4.69) is 0 Å². The first-order chi connectivity index (χ1) is 8.29. The molecule has 4 nitrogen and oxygen atoms in total. The van der Waals surface area contributed by atoms with Crippen molar-refractivity contribution < 1.29 is 68.9 Å². The average Bonchev–Trinajstić information content (AvgIpc) is 2.11. The van der Waals surface area contributed by atoms with Crippen molar-refractivity contribution in [2.45, 2.75) is 12.4 Å². The van der Waals surface area contributed by atoms with Gasteiger partial charge in [-0.1, -0.05) is 0 Å². The zero-order valence-corrected chi connectivity index (χ0v) is 12.4. The molecule has 12 heteroatoms. The Balaban J connectivity index is 0.00000361. The molecule has 0 bridgehead atoms. The quantitative estimate of drug-likeness (QED) is 0.456. The van der Waals surface area contributed by atoms with Crippen molar-refractivity contribution in [2.75, 3.05) is 4.72 Å². The second kappa shape index (κ2) is 6.10. The fourth-order valence-corrected chi connectivity index (χ4v) is 1.56. The topological polar surface area (TPSA) is 69.2 Å². The zero-order chi connectivity index (χ0) is 15.1. The first-order valence-electron chi connectivity index (χ1n) is 4.32. The van der Waals surface area contributed by atoms with E-state index >= 15 is 0 Å². The summed E-state index contributed by atoms with van der Waals surface area (Å²) in [4.78, 5) is 0. The summed E-state index contributed by atoms with van der Waals surface area (Å²) in [7, 11) is -5.24. The van der Waals surface area contributed by atoms with Crippen LogP contribution in [0.25, 0.3) is 0 Å². The molecule has 0 aliphatic heterocycles. The predicted molar refractivity (Wildman–Crippen MR) is 49.8 cm³/mol. The summed E-state index contributed by atoms with van der Waals surface area (Å²) in [6.45, 7) is 0. The molecule has 1 aromatic rings. The first-order valence-corrected chi connectivity index (χ1v) is 5.73. The van der Waals surface area contributed by atoms with Crippen molar-refractivity contribution in [3.8, 4) is 0 Å². The molecule has 108 valence electrons. The van der Waals surface area contributed by atoms with Gasteiger partial charge in [0.1, 0.15) is 0 Å². The van der Waals surface area contributed by atoms with Gasteiger partial charge in [-0.2, -0.15) is 26.3 Å². The van der Waals surface area contributed by atoms with E-state index in [9.17, 15) is 39.3 Å². The molecule has 0 spiro atoms. The van der Waals surface area contributed by atoms with Crippen LogP contribution in [0.1, 0.15) is 11.1 Å². The van der Waals surface area contributed by atoms with Crippen LogP contribution in [0.4, 0.5) is 32.0 Å². The van der Waals surface area contributed by atoms with Gasteiger partial charge in [-0.15, -0.1) is 0 Å². The molecule has 0 fully saturated rings. The van der Waals surface area contributed by atoms with Gasteiger partial charge in [-0.3, -0.25) is 4.72 Å². The Morgan fingerprint density at radius 1 is 0.900 bits per heavy atom. The van der Waals surface area contributed by atoms with Crippen LogP contribution in [-0.2, 0) is 22.7 Å². The number of hydrogen-bond acceptors (Lipinski definition) is 3. The fraction of sp³-hybridized carbons (Fsp3) is 0.250. The third-order valence-electron chi connectivity index (χ3n) is 1.83. The standard InChI is InChI=1S/C8H5F6NO3S.Na/c9-7(10,11)4-1-5(8(12,13)14)3-6(2-4)15-19(16,17)18;/h1-3,15H,(H,16,17,18);/q;+1/p-1. The molecule has 0 amide bonds. The van der Waals surface area contributed by atoms with Crippen LogP contribution in [0, 0.1) is 0 Å². The third kappa shape index (κ3) is 5.87. The van der Waals surface area contributed by atoms with Gasteiger partial charge < -0.3 is 4.55 Å². The molecule has 1 aromatic carbocycles. The van der Waals surface area contributed by atoms with Gasteiger partial charge in [-0.05, 0) is 18.2 Å². The first kappa shape index (κ1) is 19.5. The predicted octanol–water partition coefficient (Wildman–Crippen LogP) is -0.400. The van der Waals surface area contributed by atoms with Gasteiger partial charge >= 0.3 is 41.9 Å². The summed E-state index contributed by atoms with van der Waals surface area (Å²) in [5, 5.41) is 0. The van der Waals surface area contributed by atoms with Crippen molar-refractivity contribution in [1.82, 2.24) is 0 Å². The Kier molecular flexibility index (Phi) is 5.95. The fourth-order valence-electron chi connectivity index (χ4n) is 1.16. The molecule has 0 saturated heterocycles. The van der Waals surface area contributed by atoms with E-state index in [0.29, 0.717) is 0 Å². The Morgan fingerprint density at radius 3 is 1.50 bits per heavy atom. The second-order valence-electron chi connectivity index (χ2n) is 3.35. The van der Waals surface area contributed by atoms with Crippen LogP contribution in [0.15, 0.2) is 18.2 Å². The third-order valence-corrected chi connectivity index (χ3v) is 2.32. The van der Waals surface area contributed by atoms with Crippen molar-refractivity contribution in [1.29, 1.82) is 0 Å². The number of nitrogens with one attached hydrogen (secondary N) is 1. The van der Waals surface area contributed by atoms with E-state index < -0.39 is 39.5 Å². The minimum atomic E-state index is -5.24. The normalized spacial score (nSPS) is 12.8. The Hall–Kier alpha value is -0.490. The van der Waals surface area contributed by atoms with E-state index in [1.54, 1.807) is 0 Å². The Bertz CT molecular complexity index is 551. The molecule has 0 aromatic heterocycles. The van der Waals surface area contributed by atoms with Crippen LogP contribution in [0.5, 0.6) is 0 Å². The van der Waals surface area contributed by atoms with Crippen molar-refractivity contribution in [3.05, 3.63) is 29.3 Å². The summed E-state index contributed by atoms with van der Waals surface area (Å²) >= 11 is 0. The maximum Gasteiger partial charge on any atom is 1.00 e. The molecular formula is C8H4F6NNaO3S. The number of benzene rings is 1. The summed E-state index contributed by atoms with van der Waals surface area (Å²) < 4.78 is 106. The zero-order valence-electron chi connectivity index (χ0n) is 9.63. The van der Waals surface area contributed by atoms with E-state index in [1.807, 2.05) is 0 Å². The van der Waals surface area contributed by atoms with Crippen molar-refractivity contribution in [2.24, 2.45) is 0 Å². The number of anilines is 1. The van der Waals surface area contributed by atoms with Gasteiger partial charge in [0.05, 0.1) is 11.1 Å². The molecule has 0 heterocycles. The molecule has 1 N–H and O–H groups in total. The molecule has 0 aliphatic carbocycles. The number of alkyl halides is 6. The number of halogens is 6. The summed E-state index contributed by atoms with van der Waals surface area (Å²) in [6, 6.07) is -0.0159. The maximum atomic E-state index is 12.3. The molecule has 0 atom stereocenters. The van der Waals surface area contributed by atoms with Crippen LogP contribution < -0.4 is 34.3 Å². The van der Waals surface area contributed by atoms with Crippen molar-refractivity contribution in [3.63, 3.8) is 0 Å². The summed E-state index contributed by atoms with van der Waals surface area (Å²) in [6.07, 6.45) is -10.2. The van der Waals surface area contributed by atoms with Gasteiger partial charge in [0.15, 0.2) is 10.3 Å².